The van der Waals surface area contributed by atoms with Crippen LogP contribution in [-0.2, 0) is 44.9 Å². The fourth-order valence-corrected chi connectivity index (χ4v) is 6.31. The highest BCUT2D eigenvalue weighted by molar-refractivity contribution is 7.89. The summed E-state index contributed by atoms with van der Waals surface area (Å²) in [5, 5.41) is 16.8. The van der Waals surface area contributed by atoms with Crippen LogP contribution in [0.25, 0.3) is 0 Å². The minimum Gasteiger partial charge on any atom is -0.444 e. The van der Waals surface area contributed by atoms with Crippen molar-refractivity contribution in [3.63, 3.8) is 0 Å². The van der Waals surface area contributed by atoms with Crippen LogP contribution < -0.4 is 10.6 Å². The van der Waals surface area contributed by atoms with Crippen LogP contribution in [0.4, 0.5) is 10.5 Å². The van der Waals surface area contributed by atoms with E-state index < -0.39 is 34.2 Å². The zero-order chi connectivity index (χ0) is 33.4. The summed E-state index contributed by atoms with van der Waals surface area (Å²) >= 11 is 0. The van der Waals surface area contributed by atoms with Crippen molar-refractivity contribution in [3.8, 4) is 0 Å². The van der Waals surface area contributed by atoms with E-state index in [0.717, 1.165) is 5.56 Å². The van der Waals surface area contributed by atoms with E-state index in [1.54, 1.807) is 7.11 Å². The number of anilines is 1. The molecule has 0 saturated carbocycles. The maximum absolute atomic E-state index is 13.8. The van der Waals surface area contributed by atoms with E-state index in [0.29, 0.717) is 45.1 Å². The number of carbonyl (C=O) groups excluding carboxylic acids is 2. The Kier molecular flexibility index (Phi) is 15.9. The topological polar surface area (TPSA) is 162 Å². The molecule has 3 atom stereocenters. The lowest BCUT2D eigenvalue weighted by molar-refractivity contribution is -0.121. The molecule has 1 aliphatic heterocycles. The highest BCUT2D eigenvalue weighted by Crippen LogP contribution is 2.21. The number of hydrogen-bond acceptors (Lipinski definition) is 10. The van der Waals surface area contributed by atoms with Crippen molar-refractivity contribution in [1.82, 2.24) is 9.62 Å². The fraction of sp³-hybridized carbons (Fsp3) is 0.562. The molecule has 0 bridgehead atoms. The van der Waals surface area contributed by atoms with Crippen molar-refractivity contribution in [2.75, 3.05) is 71.8 Å². The number of benzene rings is 2. The third-order valence-corrected chi connectivity index (χ3v) is 8.85. The van der Waals surface area contributed by atoms with Gasteiger partial charge in [-0.3, -0.25) is 4.79 Å². The third kappa shape index (κ3) is 12.9. The summed E-state index contributed by atoms with van der Waals surface area (Å²) in [5.41, 5.74) is 1.26. The van der Waals surface area contributed by atoms with Crippen molar-refractivity contribution in [2.45, 2.75) is 49.8 Å². The van der Waals surface area contributed by atoms with E-state index in [1.807, 2.05) is 44.2 Å². The van der Waals surface area contributed by atoms with Gasteiger partial charge in [-0.05, 0) is 42.2 Å². The van der Waals surface area contributed by atoms with Crippen molar-refractivity contribution in [1.29, 1.82) is 0 Å². The molecule has 0 aromatic heterocycles. The van der Waals surface area contributed by atoms with Gasteiger partial charge in [0.05, 0.1) is 56.7 Å². The minimum absolute atomic E-state index is 0.00369. The molecule has 3 N–H and O–H groups in total. The van der Waals surface area contributed by atoms with Crippen LogP contribution in [0.5, 0.6) is 0 Å². The lowest BCUT2D eigenvalue weighted by Gasteiger charge is -2.30. The second-order valence-corrected chi connectivity index (χ2v) is 13.3. The molecule has 0 unspecified atom stereocenters. The van der Waals surface area contributed by atoms with Crippen LogP contribution in [0.2, 0.25) is 0 Å². The molecule has 46 heavy (non-hydrogen) atoms. The summed E-state index contributed by atoms with van der Waals surface area (Å²) < 4.78 is 55.0. The number of sulfonamides is 1. The molecular formula is C32H47N3O10S. The number of methoxy groups -OCH3 is 1. The molecule has 3 rings (SSSR count). The molecule has 14 heteroatoms. The zero-order valence-corrected chi connectivity index (χ0v) is 27.6. The van der Waals surface area contributed by atoms with E-state index >= 15 is 0 Å². The van der Waals surface area contributed by atoms with Gasteiger partial charge in [-0.25, -0.2) is 13.2 Å². The van der Waals surface area contributed by atoms with E-state index in [-0.39, 0.29) is 49.6 Å². The number of rotatable bonds is 20. The summed E-state index contributed by atoms with van der Waals surface area (Å²) in [7, 11) is -2.49. The first-order valence-electron chi connectivity index (χ1n) is 15.4. The number of carbonyl (C=O) groups is 2. The number of aliphatic hydroxyl groups is 1. The van der Waals surface area contributed by atoms with Crippen LogP contribution in [0.3, 0.4) is 0 Å². The van der Waals surface area contributed by atoms with Crippen molar-refractivity contribution >= 4 is 27.7 Å². The molecule has 2 amide bonds. The highest BCUT2D eigenvalue weighted by Gasteiger charge is 2.32. The first kappa shape index (κ1) is 37.3. The van der Waals surface area contributed by atoms with Crippen molar-refractivity contribution < 1.29 is 46.8 Å². The molecule has 256 valence electrons. The predicted molar refractivity (Wildman–Crippen MR) is 171 cm³/mol. The molecule has 13 nitrogen and oxygen atoms in total. The SMILES string of the molecule is COCCOCCOCC(=O)Nc1ccc(S(=O)(=O)N(CC(C)C)C[C@@H](O)[C@H](Cc2ccccc2)NC(=O)O[C@H]2CCOC2)cc1. The first-order chi connectivity index (χ1) is 22.1. The molecular weight excluding hydrogens is 618 g/mol. The van der Waals surface area contributed by atoms with Crippen LogP contribution in [0.1, 0.15) is 25.8 Å². The Balaban J connectivity index is 1.65. The Labute approximate surface area is 271 Å². The molecule has 0 radical (unpaired) electrons. The number of aliphatic hydroxyl groups excluding tert-OH is 1. The number of nitrogens with one attached hydrogen (secondary N) is 2. The van der Waals surface area contributed by atoms with E-state index in [2.05, 4.69) is 10.6 Å². The van der Waals surface area contributed by atoms with Crippen LogP contribution in [0.15, 0.2) is 59.5 Å². The monoisotopic (exact) mass is 665 g/mol. The van der Waals surface area contributed by atoms with Gasteiger partial charge in [0.25, 0.3) is 0 Å². The van der Waals surface area contributed by atoms with E-state index in [9.17, 15) is 23.1 Å². The quantitative estimate of drug-likeness (QED) is 0.179. The zero-order valence-electron chi connectivity index (χ0n) is 26.8. The van der Waals surface area contributed by atoms with Gasteiger partial charge in [-0.15, -0.1) is 0 Å². The lowest BCUT2D eigenvalue weighted by Crippen LogP contribution is -2.51. The van der Waals surface area contributed by atoms with Gasteiger partial charge in [0.2, 0.25) is 15.9 Å². The van der Waals surface area contributed by atoms with Gasteiger partial charge in [0.15, 0.2) is 0 Å². The summed E-state index contributed by atoms with van der Waals surface area (Å²) in [6.07, 6.45) is -1.50. The Morgan fingerprint density at radius 2 is 1.70 bits per heavy atom. The lowest BCUT2D eigenvalue weighted by atomic mass is 10.0. The fourth-order valence-electron chi connectivity index (χ4n) is 4.69. The Morgan fingerprint density at radius 3 is 2.35 bits per heavy atom. The summed E-state index contributed by atoms with van der Waals surface area (Å²) in [4.78, 5) is 25.0. The minimum atomic E-state index is -4.06. The van der Waals surface area contributed by atoms with Crippen LogP contribution >= 0.6 is 0 Å². The average Bonchev–Trinajstić information content (AvgIpc) is 3.53. The second kappa shape index (κ2) is 19.5. The van der Waals surface area contributed by atoms with E-state index in [1.165, 1.54) is 28.6 Å². The molecule has 1 saturated heterocycles. The number of alkyl carbamates (subject to hydrolysis) is 1. The summed E-state index contributed by atoms with van der Waals surface area (Å²) in [6.45, 7) is 5.72. The Bertz CT molecular complexity index is 1290. The molecule has 0 aliphatic carbocycles. The Morgan fingerprint density at radius 1 is 1.00 bits per heavy atom. The Hall–Kier alpha value is -3.11. The molecule has 0 spiro atoms. The van der Waals surface area contributed by atoms with Crippen molar-refractivity contribution in [2.24, 2.45) is 5.92 Å². The predicted octanol–water partition coefficient (Wildman–Crippen LogP) is 2.44. The van der Waals surface area contributed by atoms with Crippen LogP contribution in [-0.4, -0.2) is 115 Å². The van der Waals surface area contributed by atoms with Crippen LogP contribution in [0, 0.1) is 5.92 Å². The number of nitrogens with zero attached hydrogens (tertiary/aromatic N) is 1. The van der Waals surface area contributed by atoms with Crippen molar-refractivity contribution in [3.05, 3.63) is 60.2 Å². The molecule has 1 aliphatic rings. The number of ether oxygens (including phenoxy) is 5. The molecule has 2 aromatic rings. The maximum Gasteiger partial charge on any atom is 0.407 e. The maximum atomic E-state index is 13.8. The highest BCUT2D eigenvalue weighted by atomic mass is 32.2. The third-order valence-electron chi connectivity index (χ3n) is 7.00. The van der Waals surface area contributed by atoms with Gasteiger partial charge < -0.3 is 39.4 Å². The molecule has 2 aromatic carbocycles. The first-order valence-corrected chi connectivity index (χ1v) is 16.8. The summed E-state index contributed by atoms with van der Waals surface area (Å²) in [5.74, 6) is -0.452. The van der Waals surface area contributed by atoms with Gasteiger partial charge in [-0.2, -0.15) is 4.31 Å². The normalized spacial score (nSPS) is 16.3. The standard InChI is InChI=1S/C32H47N3O10S/c1-24(2)20-35(21-30(36)29(19-25-7-5-4-6-8-25)34-32(38)45-27-13-14-43-22-27)46(39,40)28-11-9-26(10-12-28)33-31(37)23-44-18-17-42-16-15-41-3/h4-12,24,27,29-30,36H,13-23H2,1-3H3,(H,33,37)(H,34,38)/t27-,29-,30+/m0/s1. The smallest absolute Gasteiger partial charge is 0.407 e. The molecule has 1 heterocycles. The number of hydrogen-bond donors (Lipinski definition) is 3. The second-order valence-electron chi connectivity index (χ2n) is 11.3. The largest absolute Gasteiger partial charge is 0.444 e. The van der Waals surface area contributed by atoms with Gasteiger partial charge in [-0.1, -0.05) is 44.2 Å². The van der Waals surface area contributed by atoms with Gasteiger partial charge in [0.1, 0.15) is 12.7 Å². The molecule has 1 fully saturated rings. The summed E-state index contributed by atoms with van der Waals surface area (Å²) in [6, 6.07) is 14.2. The number of amides is 2. The van der Waals surface area contributed by atoms with Gasteiger partial charge >= 0.3 is 6.09 Å². The average molecular weight is 666 g/mol. The van der Waals surface area contributed by atoms with Gasteiger partial charge in [0, 0.05) is 32.3 Å². The van der Waals surface area contributed by atoms with E-state index in [4.69, 9.17) is 23.7 Å².